The van der Waals surface area contributed by atoms with Crippen LogP contribution in [0.1, 0.15) is 31.2 Å². The number of hydrogen-bond donors (Lipinski definition) is 3. The lowest BCUT2D eigenvalue weighted by molar-refractivity contribution is 0.363. The van der Waals surface area contributed by atoms with Crippen LogP contribution in [-0.2, 0) is 10.0 Å². The van der Waals surface area contributed by atoms with Gasteiger partial charge in [0.2, 0.25) is 10.0 Å². The minimum Gasteiger partial charge on any atom is -0.535 e. The smallest absolute Gasteiger partial charge is 0.519 e. The van der Waals surface area contributed by atoms with E-state index < -0.39 is 17.1 Å². The van der Waals surface area contributed by atoms with Gasteiger partial charge in [-0.15, -0.1) is 0 Å². The Hall–Kier alpha value is -1.84. The van der Waals surface area contributed by atoms with Crippen molar-refractivity contribution >= 4 is 33.7 Å². The first-order chi connectivity index (χ1) is 12.2. The van der Waals surface area contributed by atoms with E-state index in [0.29, 0.717) is 5.75 Å². The molecule has 2 aromatic heterocycles. The first kappa shape index (κ1) is 18.9. The van der Waals surface area contributed by atoms with Crippen LogP contribution in [0.3, 0.4) is 0 Å². The molecule has 0 spiro atoms. The van der Waals surface area contributed by atoms with E-state index >= 15 is 0 Å². The molecule has 0 saturated heterocycles. The maximum absolute atomic E-state index is 11.4. The van der Waals surface area contributed by atoms with Crippen molar-refractivity contribution in [3.05, 3.63) is 30.6 Å². The highest BCUT2D eigenvalue weighted by atomic mass is 32.2. The second-order valence-corrected chi connectivity index (χ2v) is 8.70. The van der Waals surface area contributed by atoms with Gasteiger partial charge in [0.1, 0.15) is 11.4 Å². The summed E-state index contributed by atoms with van der Waals surface area (Å²) >= 11 is 0. The van der Waals surface area contributed by atoms with Crippen molar-refractivity contribution in [1.29, 1.82) is 0 Å². The van der Waals surface area contributed by atoms with Crippen LogP contribution >= 0.6 is 0 Å². The average molecular weight is 377 g/mol. The summed E-state index contributed by atoms with van der Waals surface area (Å²) in [5.41, 5.74) is 2.54. The fourth-order valence-electron chi connectivity index (χ4n) is 3.66. The number of sulfonamides is 1. The summed E-state index contributed by atoms with van der Waals surface area (Å²) in [6.45, 7) is 5.86. The Kier molecular flexibility index (Phi) is 5.41. The van der Waals surface area contributed by atoms with Crippen LogP contribution < -0.4 is 9.38 Å². The van der Waals surface area contributed by atoms with Gasteiger partial charge in [0.15, 0.2) is 0 Å². The van der Waals surface area contributed by atoms with Crippen LogP contribution in [0, 0.1) is 5.92 Å². The van der Waals surface area contributed by atoms with E-state index in [1.54, 1.807) is 13.0 Å². The van der Waals surface area contributed by atoms with Crippen molar-refractivity contribution in [1.82, 2.24) is 14.7 Å². The molecule has 0 amide bonds. The van der Waals surface area contributed by atoms with E-state index in [9.17, 15) is 13.4 Å². The summed E-state index contributed by atoms with van der Waals surface area (Å²) < 4.78 is 31.1. The zero-order chi connectivity index (χ0) is 18.9. The number of nitrogens with one attached hydrogen (secondary N) is 2. The van der Waals surface area contributed by atoms with Crippen molar-refractivity contribution in [2.75, 3.05) is 6.26 Å². The fraction of sp³-hybridized carbons (Fsp3) is 0.471. The molecule has 140 valence electrons. The maximum Gasteiger partial charge on any atom is 0.519 e. The van der Waals surface area contributed by atoms with Gasteiger partial charge >= 0.3 is 7.12 Å². The largest absolute Gasteiger partial charge is 0.535 e. The molecule has 1 aliphatic rings. The fourth-order valence-corrected chi connectivity index (χ4v) is 4.50. The lowest BCUT2D eigenvalue weighted by Crippen LogP contribution is -2.37. The molecule has 1 fully saturated rings. The molecule has 3 rings (SSSR count). The molecule has 26 heavy (non-hydrogen) atoms. The molecule has 0 atom stereocenters. The molecule has 9 heteroatoms. The van der Waals surface area contributed by atoms with Gasteiger partial charge in [0.25, 0.3) is 0 Å². The van der Waals surface area contributed by atoms with Crippen LogP contribution in [-0.4, -0.2) is 42.8 Å². The maximum atomic E-state index is 11.4. The number of fused-ring (bicyclic) bond motifs is 1. The molecule has 1 aliphatic carbocycles. The first-order valence-electron chi connectivity index (χ1n) is 8.72. The van der Waals surface area contributed by atoms with Crippen molar-refractivity contribution in [3.8, 4) is 5.75 Å². The summed E-state index contributed by atoms with van der Waals surface area (Å²) in [5.74, 6) is 0.734. The summed E-state index contributed by atoms with van der Waals surface area (Å²) in [6.07, 6.45) is 7.83. The van der Waals surface area contributed by atoms with Crippen molar-refractivity contribution in [2.45, 2.75) is 38.5 Å². The number of H-pyrrole nitrogens is 1. The number of hydrogen-bond acceptors (Lipinski definition) is 5. The zero-order valence-corrected chi connectivity index (χ0v) is 15.8. The molecule has 7 nitrogen and oxygen atoms in total. The van der Waals surface area contributed by atoms with E-state index in [1.165, 1.54) is 6.26 Å². The third-order valence-electron chi connectivity index (χ3n) is 4.77. The Morgan fingerprint density at radius 3 is 2.73 bits per heavy atom. The Morgan fingerprint density at radius 1 is 1.42 bits per heavy atom. The second kappa shape index (κ2) is 7.42. The van der Waals surface area contributed by atoms with E-state index in [1.807, 2.05) is 12.3 Å². The number of rotatable bonds is 6. The summed E-state index contributed by atoms with van der Waals surface area (Å²) in [5, 5.41) is 10.5. The van der Waals surface area contributed by atoms with Crippen LogP contribution in [0.5, 0.6) is 5.75 Å². The van der Waals surface area contributed by atoms with E-state index in [0.717, 1.165) is 47.9 Å². The SMILES string of the molecule is C=C(c1c(OB(C)O)cnc2[nH]ccc12)[C@H]1CC[C@H](NS(C)(=O)=O)CC1. The predicted octanol–water partition coefficient (Wildman–Crippen LogP) is 2.17. The molecule has 0 bridgehead atoms. The quantitative estimate of drug-likeness (QED) is 0.670. The summed E-state index contributed by atoms with van der Waals surface area (Å²) in [6, 6.07) is 1.90. The van der Waals surface area contributed by atoms with Gasteiger partial charge in [0.05, 0.1) is 12.5 Å². The second-order valence-electron chi connectivity index (χ2n) is 6.92. The number of aromatic nitrogens is 2. The highest BCUT2D eigenvalue weighted by Crippen LogP contribution is 2.40. The molecular formula is C17H24BN3O4S. The topological polar surface area (TPSA) is 104 Å². The van der Waals surface area contributed by atoms with Gasteiger partial charge in [-0.05, 0) is 50.1 Å². The van der Waals surface area contributed by atoms with Crippen LogP contribution in [0.25, 0.3) is 16.6 Å². The van der Waals surface area contributed by atoms with Crippen molar-refractivity contribution in [3.63, 3.8) is 0 Å². The van der Waals surface area contributed by atoms with Gasteiger partial charge in [-0.25, -0.2) is 18.1 Å². The molecule has 0 radical (unpaired) electrons. The molecule has 3 N–H and O–H groups in total. The van der Waals surface area contributed by atoms with Crippen molar-refractivity contribution in [2.24, 2.45) is 5.92 Å². The van der Waals surface area contributed by atoms with Crippen molar-refractivity contribution < 1.29 is 18.1 Å². The average Bonchev–Trinajstić information content (AvgIpc) is 3.01. The lowest BCUT2D eigenvalue weighted by Gasteiger charge is -2.30. The highest BCUT2D eigenvalue weighted by molar-refractivity contribution is 7.88. The lowest BCUT2D eigenvalue weighted by atomic mass is 9.79. The monoisotopic (exact) mass is 377 g/mol. The van der Waals surface area contributed by atoms with Crippen LogP contribution in [0.4, 0.5) is 0 Å². The Bertz CT molecular complexity index is 902. The van der Waals surface area contributed by atoms with Crippen LogP contribution in [0.15, 0.2) is 25.0 Å². The van der Waals surface area contributed by atoms with Gasteiger partial charge in [0, 0.05) is 23.2 Å². The first-order valence-corrected chi connectivity index (χ1v) is 10.6. The van der Waals surface area contributed by atoms with Gasteiger partial charge in [-0.1, -0.05) is 6.58 Å². The molecule has 0 aromatic carbocycles. The standard InChI is InChI=1S/C17H24BN3O4S/c1-11(12-4-6-13(7-5-12)21-26(3,23)24)16-14-8-9-19-17(14)20-10-15(16)25-18(2)22/h8-10,12-13,21-22H,1,4-7H2,2-3H3,(H,19,20)/t12-,13-. The zero-order valence-electron chi connectivity index (χ0n) is 15.0. The molecule has 2 aromatic rings. The van der Waals surface area contributed by atoms with E-state index in [4.69, 9.17) is 4.65 Å². The minimum atomic E-state index is -3.19. The number of nitrogens with zero attached hydrogens (tertiary/aromatic N) is 1. The molecule has 1 saturated carbocycles. The Morgan fingerprint density at radius 2 is 2.12 bits per heavy atom. The van der Waals surface area contributed by atoms with Gasteiger partial charge in [-0.3, -0.25) is 0 Å². The minimum absolute atomic E-state index is 0.0213. The highest BCUT2D eigenvalue weighted by Gasteiger charge is 2.28. The molecule has 0 aliphatic heterocycles. The van der Waals surface area contributed by atoms with E-state index in [2.05, 4.69) is 21.3 Å². The van der Waals surface area contributed by atoms with E-state index in [-0.39, 0.29) is 12.0 Å². The molecule has 0 unspecified atom stereocenters. The molecule has 2 heterocycles. The third kappa shape index (κ3) is 4.28. The summed E-state index contributed by atoms with van der Waals surface area (Å²) in [4.78, 5) is 7.41. The molecular weight excluding hydrogens is 353 g/mol. The number of allylic oxidation sites excluding steroid dienone is 1. The van der Waals surface area contributed by atoms with Gasteiger partial charge < -0.3 is 14.7 Å². The summed E-state index contributed by atoms with van der Waals surface area (Å²) in [7, 11) is -4.14. The van der Waals surface area contributed by atoms with Gasteiger partial charge in [-0.2, -0.15) is 0 Å². The number of aromatic amines is 1. The third-order valence-corrected chi connectivity index (χ3v) is 5.53. The van der Waals surface area contributed by atoms with Crippen LogP contribution in [0.2, 0.25) is 6.82 Å². The normalized spacial score (nSPS) is 20.9. The number of pyridine rings is 1. The predicted molar refractivity (Wildman–Crippen MR) is 103 cm³/mol. The Balaban J connectivity index is 1.83. The Labute approximate surface area is 154 Å².